The van der Waals surface area contributed by atoms with Crippen molar-refractivity contribution >= 4 is 22.8 Å². The van der Waals surface area contributed by atoms with Crippen molar-refractivity contribution in [2.24, 2.45) is 0 Å². The summed E-state index contributed by atoms with van der Waals surface area (Å²) in [7, 11) is 0. The van der Waals surface area contributed by atoms with Crippen molar-refractivity contribution in [3.63, 3.8) is 0 Å². The minimum Gasteiger partial charge on any atom is -0.338 e. The number of fused-ring (bicyclic) bond motifs is 1. The molecule has 5 nitrogen and oxygen atoms in total. The van der Waals surface area contributed by atoms with Crippen LogP contribution in [0.4, 0.5) is 13.2 Å². The van der Waals surface area contributed by atoms with Crippen molar-refractivity contribution in [1.29, 1.82) is 0 Å². The van der Waals surface area contributed by atoms with Gasteiger partial charge in [0.05, 0.1) is 28.4 Å². The molecule has 0 saturated heterocycles. The van der Waals surface area contributed by atoms with Gasteiger partial charge in [-0.3, -0.25) is 0 Å². The number of rotatable bonds is 5. The van der Waals surface area contributed by atoms with Crippen molar-refractivity contribution in [3.8, 4) is 0 Å². The summed E-state index contributed by atoms with van der Waals surface area (Å²) in [6.07, 6.45) is -4.42. The van der Waals surface area contributed by atoms with Gasteiger partial charge in [-0.15, -0.1) is 0 Å². The molecule has 0 saturated carbocycles. The molecule has 2 heterocycles. The summed E-state index contributed by atoms with van der Waals surface area (Å²) in [4.78, 5) is 8.73. The minimum absolute atomic E-state index is 0.204. The largest absolute Gasteiger partial charge is 0.416 e. The Morgan fingerprint density at radius 2 is 1.86 bits per heavy atom. The summed E-state index contributed by atoms with van der Waals surface area (Å²) in [5.41, 5.74) is 1.24. The fourth-order valence-electron chi connectivity index (χ4n) is 2.98. The monoisotopic (exact) mass is 418 g/mol. The molecule has 0 radical (unpaired) electrons. The lowest BCUT2D eigenvalue weighted by Gasteiger charge is -2.11. The molecule has 1 atom stereocenters. The number of alkyl halides is 3. The third-order valence-corrected chi connectivity index (χ3v) is 5.47. The highest BCUT2D eigenvalue weighted by atomic mass is 32.2. The van der Waals surface area contributed by atoms with E-state index >= 15 is 0 Å². The second-order valence-corrected chi connectivity index (χ2v) is 7.92. The van der Waals surface area contributed by atoms with Gasteiger partial charge in [0, 0.05) is 0 Å². The molecule has 0 amide bonds. The molecule has 0 aliphatic rings. The van der Waals surface area contributed by atoms with Crippen LogP contribution in [0.25, 0.3) is 11.0 Å². The van der Waals surface area contributed by atoms with Gasteiger partial charge in [0.1, 0.15) is 0 Å². The minimum atomic E-state index is -4.42. The first-order chi connectivity index (χ1) is 13.8. The number of nitrogens with zero attached hydrogens (tertiary/aromatic N) is 4. The molecule has 0 aliphatic carbocycles. The third-order valence-electron chi connectivity index (χ3n) is 4.40. The first kappa shape index (κ1) is 19.5. The van der Waals surface area contributed by atoms with E-state index in [4.69, 9.17) is 4.52 Å². The van der Waals surface area contributed by atoms with Crippen LogP contribution in [0.5, 0.6) is 0 Å². The highest BCUT2D eigenvalue weighted by Gasteiger charge is 2.31. The van der Waals surface area contributed by atoms with Gasteiger partial charge in [-0.25, -0.2) is 4.98 Å². The van der Waals surface area contributed by atoms with Gasteiger partial charge in [-0.1, -0.05) is 47.3 Å². The van der Waals surface area contributed by atoms with Crippen LogP contribution in [0.1, 0.15) is 35.0 Å². The maximum atomic E-state index is 13.1. The van der Waals surface area contributed by atoms with Crippen molar-refractivity contribution < 1.29 is 17.7 Å². The summed E-state index contributed by atoms with van der Waals surface area (Å²) in [6.45, 7) is 4.11. The quantitative estimate of drug-likeness (QED) is 0.392. The average Bonchev–Trinajstić information content (AvgIpc) is 3.25. The molecule has 2 aromatic carbocycles. The zero-order valence-electron chi connectivity index (χ0n) is 15.6. The molecule has 2 aromatic heterocycles. The Labute approximate surface area is 168 Å². The van der Waals surface area contributed by atoms with Crippen LogP contribution in [-0.4, -0.2) is 19.7 Å². The van der Waals surface area contributed by atoms with Gasteiger partial charge >= 0.3 is 6.18 Å². The molecule has 0 fully saturated rings. The van der Waals surface area contributed by atoms with E-state index < -0.39 is 11.7 Å². The lowest BCUT2D eigenvalue weighted by atomic mass is 10.2. The summed E-state index contributed by atoms with van der Waals surface area (Å²) >= 11 is 1.37. The molecule has 0 spiro atoms. The maximum absolute atomic E-state index is 13.1. The van der Waals surface area contributed by atoms with Crippen molar-refractivity contribution in [1.82, 2.24) is 19.7 Å². The molecule has 150 valence electrons. The van der Waals surface area contributed by atoms with Gasteiger partial charge in [-0.2, -0.15) is 18.2 Å². The van der Waals surface area contributed by atoms with Crippen molar-refractivity contribution in [2.45, 2.75) is 37.0 Å². The second-order valence-electron chi connectivity index (χ2n) is 6.61. The standard InChI is InChI=1S/C20H17F3N4OS/c1-12(18-24-13(2)26-28-18)29-19-25-16-10-15(20(21,22)23)8-9-17(16)27(19)11-14-6-4-3-5-7-14/h3-10,12H,11H2,1-2H3/t12-/m1/s1. The lowest BCUT2D eigenvalue weighted by molar-refractivity contribution is -0.137. The topological polar surface area (TPSA) is 56.7 Å². The first-order valence-electron chi connectivity index (χ1n) is 8.89. The van der Waals surface area contributed by atoms with E-state index in [9.17, 15) is 13.2 Å². The van der Waals surface area contributed by atoms with Gasteiger partial charge in [0.15, 0.2) is 11.0 Å². The SMILES string of the molecule is Cc1noc([C@@H](C)Sc2nc3cc(C(F)(F)F)ccc3n2Cc2ccccc2)n1. The molecule has 29 heavy (non-hydrogen) atoms. The van der Waals surface area contributed by atoms with Crippen LogP contribution in [0.3, 0.4) is 0 Å². The molecule has 0 unspecified atom stereocenters. The number of halogens is 3. The normalized spacial score (nSPS) is 13.1. The van der Waals surface area contributed by atoms with Crippen molar-refractivity contribution in [2.75, 3.05) is 0 Å². The Balaban J connectivity index is 1.76. The molecule has 0 aliphatic heterocycles. The molecule has 0 N–H and O–H groups in total. The lowest BCUT2D eigenvalue weighted by Crippen LogP contribution is -2.05. The molecular formula is C20H17F3N4OS. The van der Waals surface area contributed by atoms with Crippen LogP contribution in [0.15, 0.2) is 58.2 Å². The van der Waals surface area contributed by atoms with E-state index in [0.717, 1.165) is 17.7 Å². The molecule has 4 aromatic rings. The van der Waals surface area contributed by atoms with Crippen LogP contribution < -0.4 is 0 Å². The average molecular weight is 418 g/mol. The zero-order valence-corrected chi connectivity index (χ0v) is 16.5. The fraction of sp³-hybridized carbons (Fsp3) is 0.250. The highest BCUT2D eigenvalue weighted by molar-refractivity contribution is 7.99. The van der Waals surface area contributed by atoms with Crippen molar-refractivity contribution in [3.05, 3.63) is 71.4 Å². The van der Waals surface area contributed by atoms with E-state index in [0.29, 0.717) is 34.4 Å². The number of aryl methyl sites for hydroxylation is 1. The number of thioether (sulfide) groups is 1. The Kier molecular flexibility index (Phi) is 5.08. The molecule has 0 bridgehead atoms. The molecular weight excluding hydrogens is 401 g/mol. The van der Waals surface area contributed by atoms with Crippen LogP contribution in [0, 0.1) is 6.92 Å². The van der Waals surface area contributed by atoms with E-state index in [1.165, 1.54) is 17.8 Å². The van der Waals surface area contributed by atoms with E-state index in [1.54, 1.807) is 6.92 Å². The third kappa shape index (κ3) is 4.14. The van der Waals surface area contributed by atoms with Crippen LogP contribution in [0.2, 0.25) is 0 Å². The summed E-state index contributed by atoms with van der Waals surface area (Å²) in [5.74, 6) is 0.974. The van der Waals surface area contributed by atoms with Crippen LogP contribution >= 0.6 is 11.8 Å². The zero-order chi connectivity index (χ0) is 20.6. The molecule has 9 heteroatoms. The Hall–Kier alpha value is -2.81. The fourth-order valence-corrected chi connectivity index (χ4v) is 3.93. The number of hydrogen-bond acceptors (Lipinski definition) is 5. The van der Waals surface area contributed by atoms with Gasteiger partial charge in [-0.05, 0) is 37.6 Å². The summed E-state index contributed by atoms with van der Waals surface area (Å²) < 4.78 is 46.5. The van der Waals surface area contributed by atoms with Gasteiger partial charge < -0.3 is 9.09 Å². The first-order valence-corrected chi connectivity index (χ1v) is 9.77. The number of benzene rings is 2. The smallest absolute Gasteiger partial charge is 0.338 e. The predicted octanol–water partition coefficient (Wildman–Crippen LogP) is 5.65. The molecule has 4 rings (SSSR count). The van der Waals surface area contributed by atoms with Gasteiger partial charge in [0.25, 0.3) is 0 Å². The van der Waals surface area contributed by atoms with E-state index in [1.807, 2.05) is 41.8 Å². The highest BCUT2D eigenvalue weighted by Crippen LogP contribution is 2.37. The summed E-state index contributed by atoms with van der Waals surface area (Å²) in [6, 6.07) is 13.3. The second kappa shape index (κ2) is 7.55. The Morgan fingerprint density at radius 1 is 1.10 bits per heavy atom. The van der Waals surface area contributed by atoms with Gasteiger partial charge in [0.2, 0.25) is 5.89 Å². The number of imidazole rings is 1. The Bertz CT molecular complexity index is 1140. The number of aromatic nitrogens is 4. The number of hydrogen-bond donors (Lipinski definition) is 0. The Morgan fingerprint density at radius 3 is 2.52 bits per heavy atom. The van der Waals surface area contributed by atoms with E-state index in [-0.39, 0.29) is 5.25 Å². The summed E-state index contributed by atoms with van der Waals surface area (Å²) in [5, 5.41) is 4.18. The maximum Gasteiger partial charge on any atom is 0.416 e. The van der Waals surface area contributed by atoms with Crippen LogP contribution in [-0.2, 0) is 12.7 Å². The predicted molar refractivity (Wildman–Crippen MR) is 104 cm³/mol. The van der Waals surface area contributed by atoms with E-state index in [2.05, 4.69) is 15.1 Å².